The number of likely N-dealkylation sites (N-methyl/N-ethyl adjacent to an activating group) is 1. The number of nitrogens with one attached hydrogen (secondary N) is 1. The van der Waals surface area contributed by atoms with Gasteiger partial charge < -0.3 is 9.88 Å². The lowest BCUT2D eigenvalue weighted by Crippen LogP contribution is -2.26. The Labute approximate surface area is 111 Å². The van der Waals surface area contributed by atoms with Gasteiger partial charge in [-0.25, -0.2) is 4.39 Å². The molecule has 0 fully saturated rings. The molecule has 0 saturated heterocycles. The van der Waals surface area contributed by atoms with E-state index in [0.717, 1.165) is 6.54 Å². The highest BCUT2D eigenvalue weighted by molar-refractivity contribution is 5.21. The molecule has 19 heavy (non-hydrogen) atoms. The van der Waals surface area contributed by atoms with Crippen LogP contribution >= 0.6 is 0 Å². The van der Waals surface area contributed by atoms with Gasteiger partial charge in [0, 0.05) is 36.6 Å². The number of nitrogens with zero attached hydrogens (tertiary/aromatic N) is 1. The van der Waals surface area contributed by atoms with Crippen molar-refractivity contribution >= 4 is 0 Å². The molecule has 0 radical (unpaired) electrons. The molecule has 1 heterocycles. The third-order valence-corrected chi connectivity index (χ3v) is 2.99. The van der Waals surface area contributed by atoms with Gasteiger partial charge in [0.05, 0.1) is 6.04 Å². The summed E-state index contributed by atoms with van der Waals surface area (Å²) < 4.78 is 15.7. The first kappa shape index (κ1) is 13.5. The van der Waals surface area contributed by atoms with E-state index < -0.39 is 0 Å². The van der Waals surface area contributed by atoms with Crippen LogP contribution in [0.1, 0.15) is 18.5 Å². The number of halogens is 1. The Hall–Kier alpha value is -1.94. The zero-order valence-corrected chi connectivity index (χ0v) is 10.8. The molecule has 0 spiro atoms. The van der Waals surface area contributed by atoms with Gasteiger partial charge in [-0.05, 0) is 12.6 Å². The molecule has 0 saturated carbocycles. The zero-order valence-electron chi connectivity index (χ0n) is 10.8. The van der Waals surface area contributed by atoms with Crippen molar-refractivity contribution in [2.45, 2.75) is 19.5 Å². The molecule has 2 aromatic rings. The van der Waals surface area contributed by atoms with Gasteiger partial charge in [-0.2, -0.15) is 0 Å². The molecule has 1 aromatic carbocycles. The second-order valence-corrected chi connectivity index (χ2v) is 4.36. The summed E-state index contributed by atoms with van der Waals surface area (Å²) in [5, 5.41) is 3.26. The topological polar surface area (TPSA) is 34.0 Å². The highest BCUT2D eigenvalue weighted by Gasteiger charge is 2.14. The van der Waals surface area contributed by atoms with E-state index >= 15 is 0 Å². The molecule has 1 atom stereocenters. The number of benzene rings is 1. The van der Waals surface area contributed by atoms with Crippen molar-refractivity contribution in [2.24, 2.45) is 0 Å². The summed E-state index contributed by atoms with van der Waals surface area (Å²) in [6.45, 7) is 3.31. The summed E-state index contributed by atoms with van der Waals surface area (Å²) in [5.41, 5.74) is 0.616. The Morgan fingerprint density at radius 3 is 2.53 bits per heavy atom. The van der Waals surface area contributed by atoms with Gasteiger partial charge in [0.1, 0.15) is 5.82 Å². The maximum atomic E-state index is 13.8. The van der Waals surface area contributed by atoms with Crippen molar-refractivity contribution in [3.05, 3.63) is 70.4 Å². The number of hydrogen-bond donors (Lipinski definition) is 1. The second kappa shape index (κ2) is 6.29. The van der Waals surface area contributed by atoms with E-state index in [4.69, 9.17) is 0 Å². The van der Waals surface area contributed by atoms with E-state index in [0.29, 0.717) is 12.1 Å². The molecule has 2 rings (SSSR count). The van der Waals surface area contributed by atoms with Gasteiger partial charge in [0.25, 0.3) is 0 Å². The number of pyridine rings is 1. The highest BCUT2D eigenvalue weighted by atomic mass is 19.1. The maximum absolute atomic E-state index is 13.8. The molecular weight excluding hydrogens is 243 g/mol. The lowest BCUT2D eigenvalue weighted by molar-refractivity contribution is 0.452. The van der Waals surface area contributed by atoms with Crippen molar-refractivity contribution in [2.75, 3.05) is 6.54 Å². The van der Waals surface area contributed by atoms with Crippen molar-refractivity contribution in [1.29, 1.82) is 0 Å². The molecule has 1 unspecified atom stereocenters. The van der Waals surface area contributed by atoms with Gasteiger partial charge in [0.2, 0.25) is 0 Å². The van der Waals surface area contributed by atoms with E-state index in [2.05, 4.69) is 5.32 Å². The molecule has 3 nitrogen and oxygen atoms in total. The average molecular weight is 260 g/mol. The van der Waals surface area contributed by atoms with Gasteiger partial charge in [-0.1, -0.05) is 25.1 Å². The summed E-state index contributed by atoms with van der Waals surface area (Å²) in [6.07, 6.45) is 3.43. The maximum Gasteiger partial charge on any atom is 0.181 e. The Bertz CT molecular complexity index is 574. The molecule has 0 aliphatic heterocycles. The Balaban J connectivity index is 2.23. The van der Waals surface area contributed by atoms with Crippen LogP contribution in [-0.2, 0) is 6.54 Å². The first-order chi connectivity index (χ1) is 9.20. The molecule has 100 valence electrons. The third-order valence-electron chi connectivity index (χ3n) is 2.99. The first-order valence-electron chi connectivity index (χ1n) is 6.34. The average Bonchev–Trinajstić information content (AvgIpc) is 2.41. The lowest BCUT2D eigenvalue weighted by atomic mass is 10.1. The summed E-state index contributed by atoms with van der Waals surface area (Å²) in [6, 6.07) is 9.65. The summed E-state index contributed by atoms with van der Waals surface area (Å²) in [7, 11) is 0. The fraction of sp³-hybridized carbons (Fsp3) is 0.267. The van der Waals surface area contributed by atoms with Crippen molar-refractivity contribution < 1.29 is 4.39 Å². The van der Waals surface area contributed by atoms with E-state index in [9.17, 15) is 9.18 Å². The van der Waals surface area contributed by atoms with Crippen LogP contribution in [0.15, 0.2) is 53.6 Å². The standard InChI is InChI=1S/C15H17FN2O/c1-2-17-15(13-5-3-4-6-14(13)16)11-18-9-7-12(19)8-10-18/h3-10,15,17H,2,11H2,1H3. The molecule has 0 aliphatic carbocycles. The van der Waals surface area contributed by atoms with Crippen LogP contribution in [0.3, 0.4) is 0 Å². The van der Waals surface area contributed by atoms with Crippen LogP contribution in [0.5, 0.6) is 0 Å². The highest BCUT2D eigenvalue weighted by Crippen LogP contribution is 2.18. The van der Waals surface area contributed by atoms with Crippen molar-refractivity contribution in [1.82, 2.24) is 9.88 Å². The minimum Gasteiger partial charge on any atom is -0.352 e. The van der Waals surface area contributed by atoms with E-state index in [1.807, 2.05) is 17.6 Å². The monoisotopic (exact) mass is 260 g/mol. The van der Waals surface area contributed by atoms with Gasteiger partial charge in [-0.3, -0.25) is 4.79 Å². The number of hydrogen-bond acceptors (Lipinski definition) is 2. The SMILES string of the molecule is CCNC(Cn1ccc(=O)cc1)c1ccccc1F. The molecular formula is C15H17FN2O. The smallest absolute Gasteiger partial charge is 0.181 e. The molecule has 1 N–H and O–H groups in total. The number of rotatable bonds is 5. The minimum absolute atomic E-state index is 0.0258. The van der Waals surface area contributed by atoms with Crippen LogP contribution in [0.2, 0.25) is 0 Å². The predicted octanol–water partition coefficient (Wildman–Crippen LogP) is 2.34. The minimum atomic E-state index is -0.213. The van der Waals surface area contributed by atoms with Crippen LogP contribution in [-0.4, -0.2) is 11.1 Å². The van der Waals surface area contributed by atoms with E-state index in [1.54, 1.807) is 24.5 Å². The Kier molecular flexibility index (Phi) is 4.47. The van der Waals surface area contributed by atoms with Crippen LogP contribution < -0.4 is 10.7 Å². The van der Waals surface area contributed by atoms with Crippen LogP contribution in [0.4, 0.5) is 4.39 Å². The van der Waals surface area contributed by atoms with E-state index in [1.165, 1.54) is 18.2 Å². The summed E-state index contributed by atoms with van der Waals surface area (Å²) in [5.74, 6) is -0.213. The first-order valence-corrected chi connectivity index (χ1v) is 6.34. The Morgan fingerprint density at radius 1 is 1.21 bits per heavy atom. The third kappa shape index (κ3) is 3.51. The molecule has 0 amide bonds. The molecule has 4 heteroatoms. The van der Waals surface area contributed by atoms with Gasteiger partial charge in [-0.15, -0.1) is 0 Å². The summed E-state index contributed by atoms with van der Waals surface area (Å²) in [4.78, 5) is 11.1. The van der Waals surface area contributed by atoms with E-state index in [-0.39, 0.29) is 17.3 Å². The molecule has 0 bridgehead atoms. The summed E-state index contributed by atoms with van der Waals surface area (Å²) >= 11 is 0. The van der Waals surface area contributed by atoms with Crippen molar-refractivity contribution in [3.8, 4) is 0 Å². The molecule has 0 aliphatic rings. The largest absolute Gasteiger partial charge is 0.352 e. The van der Waals surface area contributed by atoms with Crippen LogP contribution in [0.25, 0.3) is 0 Å². The molecule has 1 aromatic heterocycles. The van der Waals surface area contributed by atoms with Crippen molar-refractivity contribution in [3.63, 3.8) is 0 Å². The normalized spacial score (nSPS) is 12.3. The second-order valence-electron chi connectivity index (χ2n) is 4.36. The fourth-order valence-corrected chi connectivity index (χ4v) is 2.05. The number of aromatic nitrogens is 1. The fourth-order valence-electron chi connectivity index (χ4n) is 2.05. The Morgan fingerprint density at radius 2 is 1.89 bits per heavy atom. The predicted molar refractivity (Wildman–Crippen MR) is 73.5 cm³/mol. The quantitative estimate of drug-likeness (QED) is 0.895. The van der Waals surface area contributed by atoms with Crippen LogP contribution in [0, 0.1) is 5.82 Å². The zero-order chi connectivity index (χ0) is 13.7. The van der Waals surface area contributed by atoms with Gasteiger partial charge in [0.15, 0.2) is 5.43 Å². The van der Waals surface area contributed by atoms with Gasteiger partial charge >= 0.3 is 0 Å². The lowest BCUT2D eigenvalue weighted by Gasteiger charge is -2.20.